The van der Waals surface area contributed by atoms with Crippen molar-refractivity contribution in [1.29, 1.82) is 0 Å². The Morgan fingerprint density at radius 2 is 2.33 bits per heavy atom. The molecule has 0 saturated heterocycles. The largest absolute Gasteiger partial charge is 0.317 e. The zero-order valence-corrected chi connectivity index (χ0v) is 10.2. The molecule has 1 atom stereocenters. The van der Waals surface area contributed by atoms with Crippen LogP contribution in [0, 0.1) is 5.92 Å². The maximum absolute atomic E-state index is 4.17. The van der Waals surface area contributed by atoms with Crippen molar-refractivity contribution in [1.82, 2.24) is 15.1 Å². The van der Waals surface area contributed by atoms with Crippen molar-refractivity contribution in [2.24, 2.45) is 13.0 Å². The number of aromatic nitrogens is 2. The Kier molecular flexibility index (Phi) is 5.40. The molecule has 0 bridgehead atoms. The molecule has 0 aromatic carbocycles. The molecule has 0 spiro atoms. The molecule has 1 heterocycles. The standard InChI is InChI=1S/C12H23N3/c1-4-13-10-11(2)6-5-7-12-8-9-14-15(12)3/h8-9,11,13H,4-7,10H2,1-3H3. The number of aryl methyl sites for hydroxylation is 2. The topological polar surface area (TPSA) is 29.9 Å². The number of nitrogens with one attached hydrogen (secondary N) is 1. The van der Waals surface area contributed by atoms with E-state index in [4.69, 9.17) is 0 Å². The third kappa shape index (κ3) is 4.47. The predicted molar refractivity (Wildman–Crippen MR) is 63.9 cm³/mol. The number of rotatable bonds is 7. The average Bonchev–Trinajstić information content (AvgIpc) is 2.61. The van der Waals surface area contributed by atoms with Crippen LogP contribution in [-0.2, 0) is 13.5 Å². The van der Waals surface area contributed by atoms with Crippen LogP contribution in [0.25, 0.3) is 0 Å². The molecule has 1 aromatic rings. The smallest absolute Gasteiger partial charge is 0.0492 e. The SMILES string of the molecule is CCNCC(C)CCCc1ccnn1C. The molecule has 0 aliphatic carbocycles. The average molecular weight is 209 g/mol. The normalized spacial score (nSPS) is 13.0. The summed E-state index contributed by atoms with van der Waals surface area (Å²) in [5, 5.41) is 7.55. The summed E-state index contributed by atoms with van der Waals surface area (Å²) in [5.74, 6) is 0.776. The van der Waals surface area contributed by atoms with Crippen molar-refractivity contribution in [2.75, 3.05) is 13.1 Å². The lowest BCUT2D eigenvalue weighted by molar-refractivity contribution is 0.470. The Labute approximate surface area is 92.9 Å². The molecule has 1 aromatic heterocycles. The Morgan fingerprint density at radius 3 is 2.93 bits per heavy atom. The third-order valence-electron chi connectivity index (χ3n) is 2.80. The van der Waals surface area contributed by atoms with E-state index in [1.54, 1.807) is 0 Å². The highest BCUT2D eigenvalue weighted by Gasteiger charge is 2.03. The van der Waals surface area contributed by atoms with Crippen molar-refractivity contribution in [3.8, 4) is 0 Å². The van der Waals surface area contributed by atoms with Crippen LogP contribution in [0.3, 0.4) is 0 Å². The van der Waals surface area contributed by atoms with Crippen LogP contribution in [0.4, 0.5) is 0 Å². The lowest BCUT2D eigenvalue weighted by atomic mass is 10.0. The van der Waals surface area contributed by atoms with Gasteiger partial charge in [0.25, 0.3) is 0 Å². The molecule has 1 unspecified atom stereocenters. The number of nitrogens with zero attached hydrogens (tertiary/aromatic N) is 2. The molecular formula is C12H23N3. The molecule has 15 heavy (non-hydrogen) atoms. The highest BCUT2D eigenvalue weighted by Crippen LogP contribution is 2.09. The lowest BCUT2D eigenvalue weighted by Crippen LogP contribution is -2.20. The van der Waals surface area contributed by atoms with E-state index in [-0.39, 0.29) is 0 Å². The summed E-state index contributed by atoms with van der Waals surface area (Å²) in [6.45, 7) is 6.68. The van der Waals surface area contributed by atoms with Crippen LogP contribution >= 0.6 is 0 Å². The monoisotopic (exact) mass is 209 g/mol. The van der Waals surface area contributed by atoms with Gasteiger partial charge in [0.2, 0.25) is 0 Å². The zero-order chi connectivity index (χ0) is 11.1. The molecule has 3 nitrogen and oxygen atoms in total. The van der Waals surface area contributed by atoms with Gasteiger partial charge in [-0.2, -0.15) is 5.10 Å². The first kappa shape index (κ1) is 12.2. The summed E-state index contributed by atoms with van der Waals surface area (Å²) >= 11 is 0. The van der Waals surface area contributed by atoms with Crippen molar-refractivity contribution < 1.29 is 0 Å². The Balaban J connectivity index is 2.13. The van der Waals surface area contributed by atoms with Gasteiger partial charge in [0.1, 0.15) is 0 Å². The fourth-order valence-corrected chi connectivity index (χ4v) is 1.77. The zero-order valence-electron chi connectivity index (χ0n) is 10.2. The van der Waals surface area contributed by atoms with Crippen LogP contribution < -0.4 is 5.32 Å². The van der Waals surface area contributed by atoms with Gasteiger partial charge >= 0.3 is 0 Å². The highest BCUT2D eigenvalue weighted by atomic mass is 15.2. The van der Waals surface area contributed by atoms with Gasteiger partial charge in [-0.15, -0.1) is 0 Å². The van der Waals surface area contributed by atoms with E-state index < -0.39 is 0 Å². The Morgan fingerprint density at radius 1 is 1.53 bits per heavy atom. The molecule has 0 amide bonds. The molecule has 3 heteroatoms. The molecule has 0 saturated carbocycles. The Bertz CT molecular complexity index is 268. The third-order valence-corrected chi connectivity index (χ3v) is 2.80. The van der Waals surface area contributed by atoms with Gasteiger partial charge in [-0.25, -0.2) is 0 Å². The summed E-state index contributed by atoms with van der Waals surface area (Å²) < 4.78 is 1.97. The van der Waals surface area contributed by atoms with E-state index in [1.165, 1.54) is 18.5 Å². The van der Waals surface area contributed by atoms with Crippen LogP contribution in [0.2, 0.25) is 0 Å². The van der Waals surface area contributed by atoms with Crippen LogP contribution in [-0.4, -0.2) is 22.9 Å². The minimum Gasteiger partial charge on any atom is -0.317 e. The van der Waals surface area contributed by atoms with Crippen LogP contribution in [0.5, 0.6) is 0 Å². The fraction of sp³-hybridized carbons (Fsp3) is 0.750. The van der Waals surface area contributed by atoms with Crippen molar-refractivity contribution in [3.63, 3.8) is 0 Å². The van der Waals surface area contributed by atoms with Crippen molar-refractivity contribution in [2.45, 2.75) is 33.1 Å². The van der Waals surface area contributed by atoms with E-state index in [1.807, 2.05) is 17.9 Å². The molecule has 1 N–H and O–H groups in total. The van der Waals surface area contributed by atoms with Crippen molar-refractivity contribution >= 4 is 0 Å². The molecule has 0 radical (unpaired) electrons. The molecule has 86 valence electrons. The highest BCUT2D eigenvalue weighted by molar-refractivity contribution is 4.99. The quantitative estimate of drug-likeness (QED) is 0.744. The van der Waals surface area contributed by atoms with Gasteiger partial charge in [-0.1, -0.05) is 13.8 Å². The molecule has 0 fully saturated rings. The van der Waals surface area contributed by atoms with Gasteiger partial charge in [-0.05, 0) is 44.3 Å². The molecule has 1 rings (SSSR count). The first-order chi connectivity index (χ1) is 7.24. The lowest BCUT2D eigenvalue weighted by Gasteiger charge is -2.11. The minimum absolute atomic E-state index is 0.776. The second kappa shape index (κ2) is 6.62. The van der Waals surface area contributed by atoms with E-state index in [0.29, 0.717) is 0 Å². The summed E-state index contributed by atoms with van der Waals surface area (Å²) in [6.07, 6.45) is 5.56. The van der Waals surface area contributed by atoms with Crippen LogP contribution in [0.15, 0.2) is 12.3 Å². The van der Waals surface area contributed by atoms with Gasteiger partial charge in [0.15, 0.2) is 0 Å². The first-order valence-electron chi connectivity index (χ1n) is 5.91. The minimum atomic E-state index is 0.776. The maximum atomic E-state index is 4.17. The molecule has 0 aliphatic rings. The van der Waals surface area contributed by atoms with Gasteiger partial charge < -0.3 is 5.32 Å². The van der Waals surface area contributed by atoms with Gasteiger partial charge in [0, 0.05) is 18.9 Å². The Hall–Kier alpha value is -0.830. The van der Waals surface area contributed by atoms with E-state index in [0.717, 1.165) is 25.4 Å². The van der Waals surface area contributed by atoms with E-state index >= 15 is 0 Å². The van der Waals surface area contributed by atoms with Crippen molar-refractivity contribution in [3.05, 3.63) is 18.0 Å². The van der Waals surface area contributed by atoms with Gasteiger partial charge in [-0.3, -0.25) is 4.68 Å². The summed E-state index contributed by atoms with van der Waals surface area (Å²) in [4.78, 5) is 0. The second-order valence-electron chi connectivity index (χ2n) is 4.25. The van der Waals surface area contributed by atoms with E-state index in [9.17, 15) is 0 Å². The number of hydrogen-bond acceptors (Lipinski definition) is 2. The first-order valence-corrected chi connectivity index (χ1v) is 5.91. The molecular weight excluding hydrogens is 186 g/mol. The summed E-state index contributed by atoms with van der Waals surface area (Å²) in [6, 6.07) is 2.11. The van der Waals surface area contributed by atoms with Crippen LogP contribution in [0.1, 0.15) is 32.4 Å². The summed E-state index contributed by atoms with van der Waals surface area (Å²) in [7, 11) is 2.01. The summed E-state index contributed by atoms with van der Waals surface area (Å²) in [5.41, 5.74) is 1.34. The van der Waals surface area contributed by atoms with E-state index in [2.05, 4.69) is 30.3 Å². The fourth-order valence-electron chi connectivity index (χ4n) is 1.77. The van der Waals surface area contributed by atoms with Gasteiger partial charge in [0.05, 0.1) is 0 Å². The predicted octanol–water partition coefficient (Wildman–Crippen LogP) is 1.99. The molecule has 0 aliphatic heterocycles. The number of hydrogen-bond donors (Lipinski definition) is 1. The maximum Gasteiger partial charge on any atom is 0.0492 e. The second-order valence-corrected chi connectivity index (χ2v) is 4.25.